The molecule has 0 aliphatic rings. The fourth-order valence-electron chi connectivity index (χ4n) is 1.50. The average molecular weight is 307 g/mol. The van der Waals surface area contributed by atoms with E-state index in [4.69, 9.17) is 10.2 Å². The van der Waals surface area contributed by atoms with Gasteiger partial charge in [0.1, 0.15) is 0 Å². The molecule has 0 bridgehead atoms. The number of nitrogens with two attached hydrogens (primary N) is 1. The zero-order chi connectivity index (χ0) is 15.5. The summed E-state index contributed by atoms with van der Waals surface area (Å²) in [5, 5.41) is 2.14. The van der Waals surface area contributed by atoms with Crippen LogP contribution in [0.3, 0.4) is 0 Å². The van der Waals surface area contributed by atoms with E-state index >= 15 is 0 Å². The third kappa shape index (κ3) is 3.69. The maximum absolute atomic E-state index is 12.0. The van der Waals surface area contributed by atoms with Gasteiger partial charge >= 0.3 is 0 Å². The number of furan rings is 1. The number of carbonyl (C=O) groups excluding carboxylic acids is 1. The summed E-state index contributed by atoms with van der Waals surface area (Å²) in [6, 6.07) is 9.04. The van der Waals surface area contributed by atoms with Crippen molar-refractivity contribution in [3.63, 3.8) is 0 Å². The highest BCUT2D eigenvalue weighted by Crippen LogP contribution is 2.12. The summed E-state index contributed by atoms with van der Waals surface area (Å²) in [4.78, 5) is 11.6. The van der Waals surface area contributed by atoms with Crippen LogP contribution in [0.5, 0.6) is 0 Å². The third-order valence-electron chi connectivity index (χ3n) is 2.52. The molecule has 110 valence electrons. The molecule has 2 aromatic rings. The fraction of sp³-hybridized carbons (Fsp3) is 0.0769. The molecule has 7 nitrogen and oxygen atoms in total. The average Bonchev–Trinajstić information content (AvgIpc) is 2.92. The van der Waals surface area contributed by atoms with E-state index in [2.05, 4.69) is 9.71 Å². The van der Waals surface area contributed by atoms with Gasteiger partial charge in [-0.05, 0) is 31.2 Å². The SMILES string of the molecule is Cc1ccc(S(=O)(=O)N=C(N)NC(=O)c2ccco2)cc1. The van der Waals surface area contributed by atoms with E-state index in [1.807, 2.05) is 6.92 Å². The number of nitrogens with one attached hydrogen (secondary N) is 1. The number of sulfonamides is 1. The van der Waals surface area contributed by atoms with Crippen LogP contribution in [0, 0.1) is 6.92 Å². The van der Waals surface area contributed by atoms with Gasteiger partial charge in [-0.2, -0.15) is 8.42 Å². The Morgan fingerprint density at radius 1 is 1.24 bits per heavy atom. The molecule has 0 radical (unpaired) electrons. The van der Waals surface area contributed by atoms with E-state index in [1.54, 1.807) is 12.1 Å². The van der Waals surface area contributed by atoms with Crippen LogP contribution in [0.25, 0.3) is 0 Å². The van der Waals surface area contributed by atoms with Gasteiger partial charge in [0.2, 0.25) is 5.96 Å². The van der Waals surface area contributed by atoms with Crippen molar-refractivity contribution in [3.05, 3.63) is 54.0 Å². The fourth-order valence-corrected chi connectivity index (χ4v) is 2.39. The van der Waals surface area contributed by atoms with E-state index in [1.165, 1.54) is 30.5 Å². The number of benzene rings is 1. The minimum Gasteiger partial charge on any atom is -0.459 e. The highest BCUT2D eigenvalue weighted by atomic mass is 32.2. The van der Waals surface area contributed by atoms with E-state index < -0.39 is 21.9 Å². The summed E-state index contributed by atoms with van der Waals surface area (Å²) < 4.78 is 32.2. The molecular weight excluding hydrogens is 294 g/mol. The lowest BCUT2D eigenvalue weighted by atomic mass is 10.2. The summed E-state index contributed by atoms with van der Waals surface area (Å²) >= 11 is 0. The molecule has 0 saturated heterocycles. The normalized spacial score (nSPS) is 12.1. The number of amides is 1. The van der Waals surface area contributed by atoms with Crippen molar-refractivity contribution in [2.75, 3.05) is 0 Å². The minimum absolute atomic E-state index is 0.000818. The lowest BCUT2D eigenvalue weighted by Crippen LogP contribution is -2.37. The Hall–Kier alpha value is -2.61. The molecule has 0 aliphatic heterocycles. The molecular formula is C13H13N3O4S. The van der Waals surface area contributed by atoms with E-state index in [0.29, 0.717) is 0 Å². The van der Waals surface area contributed by atoms with Crippen LogP contribution in [0.4, 0.5) is 0 Å². The third-order valence-corrected chi connectivity index (χ3v) is 3.83. The molecule has 21 heavy (non-hydrogen) atoms. The first kappa shape index (κ1) is 14.8. The number of aryl methyl sites for hydroxylation is 1. The van der Waals surface area contributed by atoms with Gasteiger partial charge in [-0.25, -0.2) is 0 Å². The lowest BCUT2D eigenvalue weighted by molar-refractivity contribution is 0.0949. The highest BCUT2D eigenvalue weighted by molar-refractivity contribution is 7.90. The zero-order valence-electron chi connectivity index (χ0n) is 11.1. The van der Waals surface area contributed by atoms with Crippen LogP contribution < -0.4 is 11.1 Å². The van der Waals surface area contributed by atoms with Gasteiger partial charge in [-0.3, -0.25) is 10.1 Å². The van der Waals surface area contributed by atoms with Crippen LogP contribution in [0.1, 0.15) is 16.1 Å². The van der Waals surface area contributed by atoms with Crippen molar-refractivity contribution < 1.29 is 17.6 Å². The van der Waals surface area contributed by atoms with E-state index in [9.17, 15) is 13.2 Å². The molecule has 0 aliphatic carbocycles. The van der Waals surface area contributed by atoms with Crippen LogP contribution >= 0.6 is 0 Å². The summed E-state index contributed by atoms with van der Waals surface area (Å²) in [6.45, 7) is 1.83. The molecule has 1 aromatic heterocycles. The smallest absolute Gasteiger partial charge is 0.293 e. The number of guanidine groups is 1. The Kier molecular flexibility index (Phi) is 4.08. The second-order valence-corrected chi connectivity index (χ2v) is 5.80. The molecule has 0 saturated carbocycles. The van der Waals surface area contributed by atoms with E-state index in [-0.39, 0.29) is 10.7 Å². The van der Waals surface area contributed by atoms with Gasteiger partial charge in [0, 0.05) is 0 Å². The van der Waals surface area contributed by atoms with Crippen molar-refractivity contribution >= 4 is 21.9 Å². The largest absolute Gasteiger partial charge is 0.459 e. The molecule has 0 unspecified atom stereocenters. The minimum atomic E-state index is -3.97. The topological polar surface area (TPSA) is 115 Å². The Morgan fingerprint density at radius 2 is 1.90 bits per heavy atom. The molecule has 8 heteroatoms. The number of carbonyl (C=O) groups is 1. The Morgan fingerprint density at radius 3 is 2.48 bits per heavy atom. The van der Waals surface area contributed by atoms with Crippen LogP contribution in [0.2, 0.25) is 0 Å². The summed E-state index contributed by atoms with van der Waals surface area (Å²) in [6.07, 6.45) is 1.31. The molecule has 0 fully saturated rings. The monoisotopic (exact) mass is 307 g/mol. The number of rotatable bonds is 3. The Balaban J connectivity index is 2.17. The molecule has 2 rings (SSSR count). The van der Waals surface area contributed by atoms with Gasteiger partial charge < -0.3 is 10.2 Å². The van der Waals surface area contributed by atoms with Crippen molar-refractivity contribution in [1.82, 2.24) is 5.32 Å². The number of nitrogens with zero attached hydrogens (tertiary/aromatic N) is 1. The lowest BCUT2D eigenvalue weighted by Gasteiger charge is -2.03. The van der Waals surface area contributed by atoms with Crippen molar-refractivity contribution in [1.29, 1.82) is 0 Å². The highest BCUT2D eigenvalue weighted by Gasteiger charge is 2.15. The summed E-state index contributed by atoms with van der Waals surface area (Å²) in [5.74, 6) is -1.21. The quantitative estimate of drug-likeness (QED) is 0.649. The first-order valence-corrected chi connectivity index (χ1v) is 7.34. The van der Waals surface area contributed by atoms with Crippen LogP contribution in [-0.2, 0) is 10.0 Å². The van der Waals surface area contributed by atoms with E-state index in [0.717, 1.165) is 5.56 Å². The maximum atomic E-state index is 12.0. The van der Waals surface area contributed by atoms with Crippen molar-refractivity contribution in [2.45, 2.75) is 11.8 Å². The maximum Gasteiger partial charge on any atom is 0.293 e. The number of hydrogen-bond donors (Lipinski definition) is 2. The van der Waals surface area contributed by atoms with Gasteiger partial charge in [-0.1, -0.05) is 17.7 Å². The molecule has 0 atom stereocenters. The predicted molar refractivity (Wildman–Crippen MR) is 76.2 cm³/mol. The molecule has 0 spiro atoms. The molecule has 3 N–H and O–H groups in total. The molecule has 1 aromatic carbocycles. The zero-order valence-corrected chi connectivity index (χ0v) is 11.9. The molecule has 1 amide bonds. The van der Waals surface area contributed by atoms with Gasteiger partial charge in [0.25, 0.3) is 15.9 Å². The van der Waals surface area contributed by atoms with Crippen LogP contribution in [0.15, 0.2) is 56.4 Å². The first-order valence-electron chi connectivity index (χ1n) is 5.90. The second-order valence-electron chi connectivity index (χ2n) is 4.20. The second kappa shape index (κ2) is 5.80. The summed E-state index contributed by atoms with van der Waals surface area (Å²) in [7, 11) is -3.97. The Bertz CT molecular complexity index is 762. The standard InChI is InChI=1S/C13H13N3O4S/c1-9-4-6-10(7-5-9)21(18,19)16-13(14)15-12(17)11-3-2-8-20-11/h2-8H,1H3,(H3,14,15,16,17). The van der Waals surface area contributed by atoms with Crippen molar-refractivity contribution in [2.24, 2.45) is 10.1 Å². The summed E-state index contributed by atoms with van der Waals surface area (Å²) in [5.41, 5.74) is 6.35. The molecule has 1 heterocycles. The van der Waals surface area contributed by atoms with Gasteiger partial charge in [-0.15, -0.1) is 4.40 Å². The van der Waals surface area contributed by atoms with Gasteiger partial charge in [0.15, 0.2) is 5.76 Å². The van der Waals surface area contributed by atoms with Crippen LogP contribution in [-0.4, -0.2) is 20.3 Å². The first-order chi connectivity index (χ1) is 9.88. The van der Waals surface area contributed by atoms with Crippen molar-refractivity contribution in [3.8, 4) is 0 Å². The van der Waals surface area contributed by atoms with Gasteiger partial charge in [0.05, 0.1) is 11.2 Å². The Labute approximate surface area is 121 Å². The predicted octanol–water partition coefficient (Wildman–Crippen LogP) is 1.02. The number of hydrogen-bond acceptors (Lipinski definition) is 4.